The maximum atomic E-state index is 13.9. The number of nitrogens with zero attached hydrogens (tertiary/aromatic N) is 1. The molecule has 0 bridgehead atoms. The van der Waals surface area contributed by atoms with Gasteiger partial charge in [0.1, 0.15) is 5.82 Å². The highest BCUT2D eigenvalue weighted by atomic mass is 127. The zero-order valence-electron chi connectivity index (χ0n) is 14.1. The van der Waals surface area contributed by atoms with Crippen LogP contribution in [0.15, 0.2) is 27.7 Å². The van der Waals surface area contributed by atoms with Crippen molar-refractivity contribution >= 4 is 45.9 Å². The SMILES string of the molecule is CN=C(NCc1ccc(Br)cc1F)NC1C2CCOC2C1(C)C.I. The lowest BCUT2D eigenvalue weighted by molar-refractivity contribution is -0.106. The van der Waals surface area contributed by atoms with E-state index < -0.39 is 0 Å². The molecular formula is C17H24BrFIN3O. The Kier molecular flexibility index (Phi) is 6.52. The second-order valence-electron chi connectivity index (χ2n) is 6.85. The predicted octanol–water partition coefficient (Wildman–Crippen LogP) is 3.68. The number of fused-ring (bicyclic) bond motifs is 1. The van der Waals surface area contributed by atoms with E-state index in [9.17, 15) is 4.39 Å². The first-order chi connectivity index (χ1) is 10.9. The topological polar surface area (TPSA) is 45.7 Å². The molecule has 4 nitrogen and oxygen atoms in total. The second kappa shape index (κ2) is 7.86. The molecule has 1 aromatic carbocycles. The Morgan fingerprint density at radius 2 is 2.21 bits per heavy atom. The van der Waals surface area contributed by atoms with Crippen molar-refractivity contribution in [2.45, 2.75) is 39.0 Å². The molecule has 2 N–H and O–H groups in total. The zero-order chi connectivity index (χ0) is 16.6. The van der Waals surface area contributed by atoms with Gasteiger partial charge < -0.3 is 15.4 Å². The van der Waals surface area contributed by atoms with Crippen LogP contribution in [0.5, 0.6) is 0 Å². The summed E-state index contributed by atoms with van der Waals surface area (Å²) in [6.45, 7) is 5.68. The number of hydrogen-bond donors (Lipinski definition) is 2. The van der Waals surface area contributed by atoms with Crippen LogP contribution in [0.2, 0.25) is 0 Å². The Labute approximate surface area is 168 Å². The summed E-state index contributed by atoms with van der Waals surface area (Å²) in [5, 5.41) is 6.70. The Balaban J connectivity index is 0.00000208. The van der Waals surface area contributed by atoms with Crippen molar-refractivity contribution < 1.29 is 9.13 Å². The molecule has 2 aliphatic rings. The van der Waals surface area contributed by atoms with Gasteiger partial charge in [-0.15, -0.1) is 24.0 Å². The average Bonchev–Trinajstić information content (AvgIpc) is 2.96. The predicted molar refractivity (Wildman–Crippen MR) is 108 cm³/mol. The van der Waals surface area contributed by atoms with Crippen LogP contribution in [-0.4, -0.2) is 31.8 Å². The molecule has 1 saturated heterocycles. The number of guanidine groups is 1. The van der Waals surface area contributed by atoms with Gasteiger partial charge >= 0.3 is 0 Å². The first-order valence-electron chi connectivity index (χ1n) is 7.96. The van der Waals surface area contributed by atoms with Crippen LogP contribution in [0.1, 0.15) is 25.8 Å². The lowest BCUT2D eigenvalue weighted by atomic mass is 9.57. The molecule has 1 saturated carbocycles. The van der Waals surface area contributed by atoms with Crippen molar-refractivity contribution in [3.8, 4) is 0 Å². The third-order valence-corrected chi connectivity index (χ3v) is 5.57. The Morgan fingerprint density at radius 3 is 2.88 bits per heavy atom. The minimum atomic E-state index is -0.226. The fourth-order valence-corrected chi connectivity index (χ4v) is 4.14. The van der Waals surface area contributed by atoms with E-state index >= 15 is 0 Å². The summed E-state index contributed by atoms with van der Waals surface area (Å²) >= 11 is 3.27. The third-order valence-electron chi connectivity index (χ3n) is 5.08. The normalized spacial score (nSPS) is 27.7. The van der Waals surface area contributed by atoms with Gasteiger partial charge in [0.15, 0.2) is 5.96 Å². The minimum absolute atomic E-state index is 0. The van der Waals surface area contributed by atoms with Crippen LogP contribution < -0.4 is 10.6 Å². The molecule has 0 amide bonds. The molecule has 2 fully saturated rings. The number of rotatable bonds is 3. The van der Waals surface area contributed by atoms with Crippen LogP contribution in [0.3, 0.4) is 0 Å². The zero-order valence-corrected chi connectivity index (χ0v) is 18.0. The Morgan fingerprint density at radius 1 is 1.46 bits per heavy atom. The molecule has 3 atom stereocenters. The summed E-state index contributed by atoms with van der Waals surface area (Å²) in [4.78, 5) is 4.27. The van der Waals surface area contributed by atoms with Gasteiger partial charge in [0.2, 0.25) is 0 Å². The highest BCUT2D eigenvalue weighted by Gasteiger charge is 2.59. The van der Waals surface area contributed by atoms with Crippen molar-refractivity contribution in [3.05, 3.63) is 34.1 Å². The molecule has 3 rings (SSSR count). The fourth-order valence-electron chi connectivity index (χ4n) is 3.80. The van der Waals surface area contributed by atoms with E-state index in [0.29, 0.717) is 36.1 Å². The summed E-state index contributed by atoms with van der Waals surface area (Å²) in [6.07, 6.45) is 1.42. The van der Waals surface area contributed by atoms with Gasteiger partial charge in [-0.05, 0) is 18.6 Å². The van der Waals surface area contributed by atoms with Crippen molar-refractivity contribution in [2.75, 3.05) is 13.7 Å². The average molecular weight is 512 g/mol. The van der Waals surface area contributed by atoms with Gasteiger partial charge in [-0.2, -0.15) is 0 Å². The molecule has 1 aliphatic carbocycles. The van der Waals surface area contributed by atoms with Crippen molar-refractivity contribution in [3.63, 3.8) is 0 Å². The summed E-state index contributed by atoms with van der Waals surface area (Å²) < 4.78 is 20.5. The Hall–Kier alpha value is -0.410. The van der Waals surface area contributed by atoms with Crippen LogP contribution >= 0.6 is 39.9 Å². The summed E-state index contributed by atoms with van der Waals surface area (Å²) in [7, 11) is 1.74. The van der Waals surface area contributed by atoms with E-state index in [0.717, 1.165) is 17.5 Å². The van der Waals surface area contributed by atoms with Gasteiger partial charge in [-0.1, -0.05) is 35.8 Å². The third kappa shape index (κ3) is 3.72. The van der Waals surface area contributed by atoms with Gasteiger partial charge in [0.05, 0.1) is 6.10 Å². The van der Waals surface area contributed by atoms with E-state index in [4.69, 9.17) is 4.74 Å². The van der Waals surface area contributed by atoms with Gasteiger partial charge in [-0.3, -0.25) is 4.99 Å². The lowest BCUT2D eigenvalue weighted by Gasteiger charge is -2.54. The highest BCUT2D eigenvalue weighted by molar-refractivity contribution is 14.0. The van der Waals surface area contributed by atoms with Crippen molar-refractivity contribution in [2.24, 2.45) is 16.3 Å². The molecule has 3 unspecified atom stereocenters. The quantitative estimate of drug-likeness (QED) is 0.369. The molecule has 7 heteroatoms. The number of hydrogen-bond acceptors (Lipinski definition) is 2. The van der Waals surface area contributed by atoms with E-state index in [-0.39, 0.29) is 35.2 Å². The van der Waals surface area contributed by atoms with Gasteiger partial charge in [-0.25, -0.2) is 4.39 Å². The number of benzene rings is 1. The van der Waals surface area contributed by atoms with E-state index in [1.54, 1.807) is 13.1 Å². The summed E-state index contributed by atoms with van der Waals surface area (Å²) in [5.41, 5.74) is 0.702. The standard InChI is InChI=1S/C17H23BrFN3O.HI/c1-17(2)14(12-6-7-23-15(12)17)22-16(20-3)21-9-10-4-5-11(18)8-13(10)19;/h4-5,8,12,14-15H,6-7,9H2,1-3H3,(H2,20,21,22);1H. The highest BCUT2D eigenvalue weighted by Crippen LogP contribution is 2.52. The van der Waals surface area contributed by atoms with E-state index in [1.807, 2.05) is 6.07 Å². The smallest absolute Gasteiger partial charge is 0.191 e. The minimum Gasteiger partial charge on any atom is -0.377 e. The number of aliphatic imine (C=N–C) groups is 1. The number of nitrogens with one attached hydrogen (secondary N) is 2. The van der Waals surface area contributed by atoms with Gasteiger partial charge in [0, 0.05) is 47.6 Å². The molecule has 1 heterocycles. The van der Waals surface area contributed by atoms with Crippen LogP contribution in [0, 0.1) is 17.2 Å². The molecule has 134 valence electrons. The van der Waals surface area contributed by atoms with Crippen LogP contribution in [0.25, 0.3) is 0 Å². The van der Waals surface area contributed by atoms with E-state index in [1.165, 1.54) is 6.07 Å². The van der Waals surface area contributed by atoms with E-state index in [2.05, 4.69) is 45.4 Å². The van der Waals surface area contributed by atoms with Gasteiger partial charge in [0.25, 0.3) is 0 Å². The molecular weight excluding hydrogens is 488 g/mol. The first kappa shape index (κ1) is 19.9. The molecule has 1 aromatic rings. The summed E-state index contributed by atoms with van der Waals surface area (Å²) in [5.74, 6) is 1.01. The molecule has 0 aromatic heterocycles. The largest absolute Gasteiger partial charge is 0.377 e. The van der Waals surface area contributed by atoms with Crippen LogP contribution in [0.4, 0.5) is 4.39 Å². The number of halogens is 3. The molecule has 0 spiro atoms. The second-order valence-corrected chi connectivity index (χ2v) is 7.76. The fraction of sp³-hybridized carbons (Fsp3) is 0.588. The Bertz CT molecular complexity index is 626. The van der Waals surface area contributed by atoms with Crippen molar-refractivity contribution in [1.29, 1.82) is 0 Å². The number of ether oxygens (including phenoxy) is 1. The lowest BCUT2D eigenvalue weighted by Crippen LogP contribution is -2.67. The maximum absolute atomic E-state index is 13.9. The first-order valence-corrected chi connectivity index (χ1v) is 8.75. The summed E-state index contributed by atoms with van der Waals surface area (Å²) in [6, 6.07) is 5.42. The molecule has 24 heavy (non-hydrogen) atoms. The maximum Gasteiger partial charge on any atom is 0.191 e. The van der Waals surface area contributed by atoms with Crippen LogP contribution in [-0.2, 0) is 11.3 Å². The molecule has 1 aliphatic heterocycles. The van der Waals surface area contributed by atoms with Crippen molar-refractivity contribution in [1.82, 2.24) is 10.6 Å². The monoisotopic (exact) mass is 511 g/mol. The molecule has 0 radical (unpaired) electrons.